The number of imidazole rings is 1. The number of carbonyl (C=O) groups excluding carboxylic acids is 1. The van der Waals surface area contributed by atoms with Crippen LogP contribution in [0.15, 0.2) is 18.2 Å². The molecule has 1 saturated carbocycles. The number of rotatable bonds is 4. The highest BCUT2D eigenvalue weighted by atomic mass is 16.3. The Morgan fingerprint density at radius 2 is 2.20 bits per heavy atom. The standard InChI is InChI=1S/C15H19N3O2/c19-9-13-17-12-7-3-6-11(14(12)18-13)15(20)16-8-10-4-1-2-5-10/h3,6-7,10,19H,1-2,4-5,8-9H2,(H,16,20)(H,17,18). The number of hydrogen-bond donors (Lipinski definition) is 3. The number of aromatic amines is 1. The summed E-state index contributed by atoms with van der Waals surface area (Å²) in [6.45, 7) is 0.588. The zero-order valence-corrected chi connectivity index (χ0v) is 11.4. The second-order valence-electron chi connectivity index (χ2n) is 5.40. The summed E-state index contributed by atoms with van der Waals surface area (Å²) in [5.74, 6) is 1.01. The van der Waals surface area contributed by atoms with Crippen molar-refractivity contribution in [3.05, 3.63) is 29.6 Å². The molecule has 5 heteroatoms. The minimum Gasteiger partial charge on any atom is -0.388 e. The van der Waals surface area contributed by atoms with E-state index in [9.17, 15) is 4.79 Å². The number of aromatic nitrogens is 2. The van der Waals surface area contributed by atoms with Gasteiger partial charge in [0.05, 0.1) is 11.1 Å². The third-order valence-electron chi connectivity index (χ3n) is 3.98. The Morgan fingerprint density at radius 1 is 1.40 bits per heavy atom. The molecular weight excluding hydrogens is 254 g/mol. The lowest BCUT2D eigenvalue weighted by Crippen LogP contribution is -2.28. The van der Waals surface area contributed by atoms with Gasteiger partial charge in [0.15, 0.2) is 0 Å². The second-order valence-corrected chi connectivity index (χ2v) is 5.40. The van der Waals surface area contributed by atoms with E-state index >= 15 is 0 Å². The predicted molar refractivity (Wildman–Crippen MR) is 76.3 cm³/mol. The largest absolute Gasteiger partial charge is 0.388 e. The van der Waals surface area contributed by atoms with Crippen LogP contribution in [0.3, 0.4) is 0 Å². The molecule has 3 rings (SSSR count). The van der Waals surface area contributed by atoms with Crippen LogP contribution < -0.4 is 5.32 Å². The quantitative estimate of drug-likeness (QED) is 0.797. The van der Waals surface area contributed by atoms with Crippen LogP contribution in [-0.4, -0.2) is 27.5 Å². The number of para-hydroxylation sites is 1. The monoisotopic (exact) mass is 273 g/mol. The molecule has 0 atom stereocenters. The minimum absolute atomic E-state index is 0.0847. The maximum absolute atomic E-state index is 12.3. The zero-order chi connectivity index (χ0) is 13.9. The smallest absolute Gasteiger partial charge is 0.253 e. The number of aliphatic hydroxyl groups is 1. The van der Waals surface area contributed by atoms with E-state index < -0.39 is 0 Å². The van der Waals surface area contributed by atoms with E-state index in [0.717, 1.165) is 12.1 Å². The Morgan fingerprint density at radius 3 is 2.95 bits per heavy atom. The van der Waals surface area contributed by atoms with Crippen molar-refractivity contribution in [2.45, 2.75) is 32.3 Å². The number of fused-ring (bicyclic) bond motifs is 1. The summed E-state index contributed by atoms with van der Waals surface area (Å²) >= 11 is 0. The van der Waals surface area contributed by atoms with E-state index in [-0.39, 0.29) is 12.5 Å². The molecule has 1 amide bonds. The molecule has 0 saturated heterocycles. The molecule has 0 radical (unpaired) electrons. The van der Waals surface area contributed by atoms with E-state index in [2.05, 4.69) is 15.3 Å². The van der Waals surface area contributed by atoms with Crippen molar-refractivity contribution in [1.29, 1.82) is 0 Å². The summed E-state index contributed by atoms with van der Waals surface area (Å²) in [6, 6.07) is 5.45. The summed E-state index contributed by atoms with van der Waals surface area (Å²) < 4.78 is 0. The molecule has 2 aromatic rings. The molecule has 106 valence electrons. The van der Waals surface area contributed by atoms with Crippen LogP contribution in [0.4, 0.5) is 0 Å². The van der Waals surface area contributed by atoms with Gasteiger partial charge in [-0.2, -0.15) is 0 Å². The number of nitrogens with zero attached hydrogens (tertiary/aromatic N) is 1. The SMILES string of the molecule is O=C(NCC1CCCC1)c1cccc2[nH]c(CO)nc12. The summed E-state index contributed by atoms with van der Waals surface area (Å²) in [5.41, 5.74) is 1.97. The molecule has 5 nitrogen and oxygen atoms in total. The predicted octanol–water partition coefficient (Wildman–Crippen LogP) is 1.98. The normalized spacial score (nSPS) is 15.8. The molecule has 3 N–H and O–H groups in total. The van der Waals surface area contributed by atoms with Gasteiger partial charge in [0.25, 0.3) is 5.91 Å². The molecule has 20 heavy (non-hydrogen) atoms. The Balaban J connectivity index is 1.77. The van der Waals surface area contributed by atoms with Crippen molar-refractivity contribution >= 4 is 16.9 Å². The molecular formula is C15H19N3O2. The van der Waals surface area contributed by atoms with E-state index in [1.807, 2.05) is 12.1 Å². The van der Waals surface area contributed by atoms with Gasteiger partial charge in [0.2, 0.25) is 0 Å². The lowest BCUT2D eigenvalue weighted by Gasteiger charge is -2.10. The molecule has 1 heterocycles. The van der Waals surface area contributed by atoms with Crippen molar-refractivity contribution in [2.75, 3.05) is 6.54 Å². The topological polar surface area (TPSA) is 78.0 Å². The molecule has 1 aromatic carbocycles. The fraction of sp³-hybridized carbons (Fsp3) is 0.467. The number of amides is 1. The number of hydrogen-bond acceptors (Lipinski definition) is 3. The van der Waals surface area contributed by atoms with Gasteiger partial charge in [0.1, 0.15) is 17.9 Å². The van der Waals surface area contributed by atoms with Gasteiger partial charge < -0.3 is 15.4 Å². The van der Waals surface area contributed by atoms with Gasteiger partial charge in [-0.1, -0.05) is 18.9 Å². The Labute approximate surface area is 117 Å². The van der Waals surface area contributed by atoms with Crippen molar-refractivity contribution in [1.82, 2.24) is 15.3 Å². The maximum atomic E-state index is 12.3. The molecule has 0 spiro atoms. The molecule has 0 bridgehead atoms. The fourth-order valence-corrected chi connectivity index (χ4v) is 2.89. The zero-order valence-electron chi connectivity index (χ0n) is 11.4. The summed E-state index contributed by atoms with van der Waals surface area (Å²) in [5, 5.41) is 12.1. The molecule has 1 aromatic heterocycles. The van der Waals surface area contributed by atoms with Crippen LogP contribution in [-0.2, 0) is 6.61 Å². The van der Waals surface area contributed by atoms with Gasteiger partial charge in [-0.15, -0.1) is 0 Å². The van der Waals surface area contributed by atoms with Crippen LogP contribution in [0.25, 0.3) is 11.0 Å². The first-order chi connectivity index (χ1) is 9.78. The summed E-state index contributed by atoms with van der Waals surface area (Å²) in [4.78, 5) is 19.5. The van der Waals surface area contributed by atoms with Crippen molar-refractivity contribution in [3.8, 4) is 0 Å². The van der Waals surface area contributed by atoms with Gasteiger partial charge in [-0.05, 0) is 30.9 Å². The Bertz CT molecular complexity index is 615. The number of nitrogens with one attached hydrogen (secondary N) is 2. The molecule has 1 aliphatic carbocycles. The first kappa shape index (κ1) is 13.1. The van der Waals surface area contributed by atoms with E-state index in [1.165, 1.54) is 25.7 Å². The van der Waals surface area contributed by atoms with Gasteiger partial charge in [-0.3, -0.25) is 4.79 Å². The fourth-order valence-electron chi connectivity index (χ4n) is 2.89. The van der Waals surface area contributed by atoms with Crippen LogP contribution >= 0.6 is 0 Å². The van der Waals surface area contributed by atoms with Gasteiger partial charge in [-0.25, -0.2) is 4.98 Å². The first-order valence-corrected chi connectivity index (χ1v) is 7.14. The number of benzene rings is 1. The first-order valence-electron chi connectivity index (χ1n) is 7.14. The van der Waals surface area contributed by atoms with E-state index in [1.54, 1.807) is 6.07 Å². The maximum Gasteiger partial charge on any atom is 0.253 e. The third kappa shape index (κ3) is 2.54. The van der Waals surface area contributed by atoms with E-state index in [0.29, 0.717) is 22.8 Å². The van der Waals surface area contributed by atoms with Gasteiger partial charge in [0, 0.05) is 6.54 Å². The number of aliphatic hydroxyl groups excluding tert-OH is 1. The van der Waals surface area contributed by atoms with Crippen LogP contribution in [0, 0.1) is 5.92 Å². The summed E-state index contributed by atoms with van der Waals surface area (Å²) in [6.07, 6.45) is 4.97. The highest BCUT2D eigenvalue weighted by molar-refractivity contribution is 6.04. The number of H-pyrrole nitrogens is 1. The lowest BCUT2D eigenvalue weighted by molar-refractivity contribution is 0.0949. The van der Waals surface area contributed by atoms with Crippen LogP contribution in [0.2, 0.25) is 0 Å². The average Bonchev–Trinajstić information content (AvgIpc) is 3.12. The Kier molecular flexibility index (Phi) is 3.69. The minimum atomic E-state index is -0.155. The van der Waals surface area contributed by atoms with Crippen LogP contribution in [0.5, 0.6) is 0 Å². The molecule has 0 aliphatic heterocycles. The highest BCUT2D eigenvalue weighted by Gasteiger charge is 2.18. The van der Waals surface area contributed by atoms with E-state index in [4.69, 9.17) is 5.11 Å². The summed E-state index contributed by atoms with van der Waals surface area (Å²) in [7, 11) is 0. The highest BCUT2D eigenvalue weighted by Crippen LogP contribution is 2.24. The van der Waals surface area contributed by atoms with Crippen LogP contribution in [0.1, 0.15) is 41.9 Å². The Hall–Kier alpha value is -1.88. The second kappa shape index (κ2) is 5.63. The van der Waals surface area contributed by atoms with Crippen molar-refractivity contribution in [3.63, 3.8) is 0 Å². The molecule has 0 unspecified atom stereocenters. The number of carbonyl (C=O) groups is 1. The van der Waals surface area contributed by atoms with Gasteiger partial charge >= 0.3 is 0 Å². The average molecular weight is 273 g/mol. The third-order valence-corrected chi connectivity index (χ3v) is 3.98. The molecule has 1 fully saturated rings. The van der Waals surface area contributed by atoms with Crippen molar-refractivity contribution < 1.29 is 9.90 Å². The van der Waals surface area contributed by atoms with Crippen molar-refractivity contribution in [2.24, 2.45) is 5.92 Å². The molecule has 1 aliphatic rings. The lowest BCUT2D eigenvalue weighted by atomic mass is 10.1.